The molecule has 0 saturated heterocycles. The summed E-state index contributed by atoms with van der Waals surface area (Å²) in [5.41, 5.74) is -0.343. The fourth-order valence-electron chi connectivity index (χ4n) is 1.92. The summed E-state index contributed by atoms with van der Waals surface area (Å²) in [5, 5.41) is 12.5. The number of likely N-dealkylation sites (N-methyl/N-ethyl adjacent to an activating group) is 1. The minimum atomic E-state index is -2.88. The number of benzene rings is 1. The van der Waals surface area contributed by atoms with Crippen LogP contribution < -0.4 is 10.1 Å². The third kappa shape index (κ3) is 6.71. The highest BCUT2D eigenvalue weighted by molar-refractivity contribution is 5.74. The number of amides is 2. The Labute approximate surface area is 128 Å². The summed E-state index contributed by atoms with van der Waals surface area (Å²) < 4.78 is 28.6. The maximum Gasteiger partial charge on any atom is 0.387 e. The lowest BCUT2D eigenvalue weighted by atomic mass is 10.1. The van der Waals surface area contributed by atoms with Crippen LogP contribution in [0.5, 0.6) is 5.75 Å². The predicted molar refractivity (Wildman–Crippen MR) is 78.9 cm³/mol. The smallest absolute Gasteiger partial charge is 0.387 e. The zero-order valence-electron chi connectivity index (χ0n) is 13.0. The lowest BCUT2D eigenvalue weighted by Crippen LogP contribution is -2.46. The number of carbonyl (C=O) groups excluding carboxylic acids is 1. The quantitative estimate of drug-likeness (QED) is 0.813. The van der Waals surface area contributed by atoms with E-state index < -0.39 is 12.2 Å². The first-order valence-corrected chi connectivity index (χ1v) is 7.00. The summed E-state index contributed by atoms with van der Waals surface area (Å²) in [5.74, 6) is 0.0468. The summed E-state index contributed by atoms with van der Waals surface area (Å²) in [6, 6.07) is 5.81. The number of nitrogens with zero attached hydrogens (tertiary/aromatic N) is 1. The van der Waals surface area contributed by atoms with Gasteiger partial charge in [-0.1, -0.05) is 12.1 Å². The zero-order chi connectivity index (χ0) is 16.8. The van der Waals surface area contributed by atoms with Crippen molar-refractivity contribution in [2.45, 2.75) is 39.5 Å². The molecular weight excluding hydrogens is 294 g/mol. The van der Waals surface area contributed by atoms with E-state index in [-0.39, 0.29) is 24.9 Å². The van der Waals surface area contributed by atoms with E-state index in [1.807, 2.05) is 6.92 Å². The van der Waals surface area contributed by atoms with Gasteiger partial charge in [0.05, 0.1) is 12.1 Å². The van der Waals surface area contributed by atoms with Crippen molar-refractivity contribution in [1.29, 1.82) is 0 Å². The van der Waals surface area contributed by atoms with Gasteiger partial charge >= 0.3 is 12.6 Å². The van der Waals surface area contributed by atoms with Crippen molar-refractivity contribution >= 4 is 6.03 Å². The molecule has 1 aromatic carbocycles. The molecule has 0 aliphatic carbocycles. The van der Waals surface area contributed by atoms with Crippen LogP contribution in [0, 0.1) is 0 Å². The first-order valence-electron chi connectivity index (χ1n) is 7.00. The molecule has 7 heteroatoms. The fourth-order valence-corrected chi connectivity index (χ4v) is 1.92. The molecule has 5 nitrogen and oxygen atoms in total. The molecule has 0 aliphatic rings. The maximum absolute atomic E-state index is 12.2. The molecule has 0 radical (unpaired) electrons. The maximum atomic E-state index is 12.2. The third-order valence-corrected chi connectivity index (χ3v) is 2.81. The summed E-state index contributed by atoms with van der Waals surface area (Å²) in [7, 11) is 0. The number of carbonyl (C=O) groups is 1. The lowest BCUT2D eigenvalue weighted by molar-refractivity contribution is -0.0498. The van der Waals surface area contributed by atoms with E-state index in [1.54, 1.807) is 26.0 Å². The second-order valence-electron chi connectivity index (χ2n) is 5.51. The van der Waals surface area contributed by atoms with Crippen LogP contribution in [0.2, 0.25) is 0 Å². The molecule has 22 heavy (non-hydrogen) atoms. The minimum Gasteiger partial charge on any atom is -0.435 e. The second-order valence-corrected chi connectivity index (χ2v) is 5.51. The van der Waals surface area contributed by atoms with Crippen LogP contribution in [0.3, 0.4) is 0 Å². The number of hydrogen-bond donors (Lipinski definition) is 2. The van der Waals surface area contributed by atoms with Gasteiger partial charge in [0.25, 0.3) is 0 Å². The topological polar surface area (TPSA) is 61.8 Å². The lowest BCUT2D eigenvalue weighted by Gasteiger charge is -2.28. The molecule has 2 N–H and O–H groups in total. The van der Waals surface area contributed by atoms with E-state index in [4.69, 9.17) is 0 Å². The number of halogens is 2. The Hall–Kier alpha value is -1.89. The SMILES string of the molecule is CCN(CC(C)(C)O)C(=O)NCc1cccc(OC(F)F)c1. The highest BCUT2D eigenvalue weighted by Gasteiger charge is 2.20. The van der Waals surface area contributed by atoms with E-state index in [9.17, 15) is 18.7 Å². The van der Waals surface area contributed by atoms with E-state index in [0.717, 1.165) is 0 Å². The van der Waals surface area contributed by atoms with Crippen LogP contribution in [0.4, 0.5) is 13.6 Å². The Bertz CT molecular complexity index is 490. The van der Waals surface area contributed by atoms with Crippen molar-refractivity contribution in [3.05, 3.63) is 29.8 Å². The number of nitrogens with one attached hydrogen (secondary N) is 1. The van der Waals surface area contributed by atoms with Crippen molar-refractivity contribution in [3.63, 3.8) is 0 Å². The van der Waals surface area contributed by atoms with Gasteiger partial charge in [0.1, 0.15) is 5.75 Å². The van der Waals surface area contributed by atoms with Gasteiger partial charge in [0.15, 0.2) is 0 Å². The molecule has 0 atom stereocenters. The molecular formula is C15H22F2N2O3. The number of aliphatic hydroxyl groups is 1. The van der Waals surface area contributed by atoms with Gasteiger partial charge in [-0.2, -0.15) is 8.78 Å². The van der Waals surface area contributed by atoms with Gasteiger partial charge in [-0.15, -0.1) is 0 Å². The van der Waals surface area contributed by atoms with Crippen molar-refractivity contribution in [2.24, 2.45) is 0 Å². The van der Waals surface area contributed by atoms with E-state index in [2.05, 4.69) is 10.1 Å². The van der Waals surface area contributed by atoms with E-state index in [1.165, 1.54) is 17.0 Å². The van der Waals surface area contributed by atoms with Crippen molar-refractivity contribution < 1.29 is 23.4 Å². The zero-order valence-corrected chi connectivity index (χ0v) is 13.0. The van der Waals surface area contributed by atoms with Gasteiger partial charge in [-0.25, -0.2) is 4.79 Å². The van der Waals surface area contributed by atoms with Gasteiger partial charge in [-0.3, -0.25) is 0 Å². The standard InChI is InChI=1S/C15H22F2N2O3/c1-4-19(10-15(2,3)21)14(20)18-9-11-6-5-7-12(8-11)22-13(16)17/h5-8,13,21H,4,9-10H2,1-3H3,(H,18,20). The van der Waals surface area contributed by atoms with Crippen molar-refractivity contribution in [3.8, 4) is 5.75 Å². The molecule has 0 spiro atoms. The van der Waals surface area contributed by atoms with Crippen LogP contribution in [0.15, 0.2) is 24.3 Å². The molecule has 124 valence electrons. The first kappa shape index (κ1) is 18.2. The van der Waals surface area contributed by atoms with Crippen LogP contribution in [-0.4, -0.2) is 41.3 Å². The average molecular weight is 316 g/mol. The Morgan fingerprint density at radius 2 is 2.14 bits per heavy atom. The number of hydrogen-bond acceptors (Lipinski definition) is 3. The van der Waals surface area contributed by atoms with E-state index in [0.29, 0.717) is 12.1 Å². The first-order chi connectivity index (χ1) is 10.2. The monoisotopic (exact) mass is 316 g/mol. The number of alkyl halides is 2. The Morgan fingerprint density at radius 3 is 2.68 bits per heavy atom. The molecule has 0 bridgehead atoms. The molecule has 1 rings (SSSR count). The van der Waals surface area contributed by atoms with Crippen molar-refractivity contribution in [1.82, 2.24) is 10.2 Å². The van der Waals surface area contributed by atoms with Gasteiger partial charge < -0.3 is 20.1 Å². The third-order valence-electron chi connectivity index (χ3n) is 2.81. The fraction of sp³-hybridized carbons (Fsp3) is 0.533. The summed E-state index contributed by atoms with van der Waals surface area (Å²) in [6.45, 7) is 2.99. The van der Waals surface area contributed by atoms with Crippen LogP contribution in [0.25, 0.3) is 0 Å². The predicted octanol–water partition coefficient (Wildman–Crippen LogP) is 2.59. The van der Waals surface area contributed by atoms with Crippen LogP contribution >= 0.6 is 0 Å². The molecule has 0 heterocycles. The molecule has 2 amide bonds. The Kier molecular flexibility index (Phi) is 6.55. The Balaban J connectivity index is 2.59. The molecule has 1 aromatic rings. The molecule has 0 aliphatic heterocycles. The molecule has 0 aromatic heterocycles. The van der Waals surface area contributed by atoms with Gasteiger partial charge in [0.2, 0.25) is 0 Å². The van der Waals surface area contributed by atoms with Crippen LogP contribution in [-0.2, 0) is 6.54 Å². The number of urea groups is 1. The normalized spacial score (nSPS) is 11.4. The number of ether oxygens (including phenoxy) is 1. The average Bonchev–Trinajstić information content (AvgIpc) is 2.41. The van der Waals surface area contributed by atoms with Crippen molar-refractivity contribution in [2.75, 3.05) is 13.1 Å². The minimum absolute atomic E-state index is 0.0468. The summed E-state index contributed by atoms with van der Waals surface area (Å²) in [6.07, 6.45) is 0. The Morgan fingerprint density at radius 1 is 1.45 bits per heavy atom. The number of rotatable bonds is 7. The molecule has 0 saturated carbocycles. The van der Waals surface area contributed by atoms with Crippen LogP contribution in [0.1, 0.15) is 26.3 Å². The largest absolute Gasteiger partial charge is 0.435 e. The highest BCUT2D eigenvalue weighted by Crippen LogP contribution is 2.16. The van der Waals surface area contributed by atoms with Gasteiger partial charge in [0, 0.05) is 13.1 Å². The van der Waals surface area contributed by atoms with Gasteiger partial charge in [-0.05, 0) is 38.5 Å². The molecule has 0 fully saturated rings. The summed E-state index contributed by atoms with van der Waals surface area (Å²) in [4.78, 5) is 13.5. The summed E-state index contributed by atoms with van der Waals surface area (Å²) >= 11 is 0. The van der Waals surface area contributed by atoms with E-state index >= 15 is 0 Å². The highest BCUT2D eigenvalue weighted by atomic mass is 19.3. The second kappa shape index (κ2) is 7.93. The molecule has 0 unspecified atom stereocenters.